The maximum absolute atomic E-state index is 11.4. The van der Waals surface area contributed by atoms with E-state index in [1.165, 1.54) is 0 Å². The normalized spacial score (nSPS) is 20.3. The van der Waals surface area contributed by atoms with Crippen LogP contribution in [0.3, 0.4) is 0 Å². The summed E-state index contributed by atoms with van der Waals surface area (Å²) in [6.07, 6.45) is 2.99. The highest BCUT2D eigenvalue weighted by Gasteiger charge is 2.27. The maximum Gasteiger partial charge on any atom is 0.240 e. The number of hydrogen-bond donors (Lipinski definition) is 2. The third kappa shape index (κ3) is 2.35. The van der Waals surface area contributed by atoms with E-state index in [0.29, 0.717) is 0 Å². The smallest absolute Gasteiger partial charge is 0.240 e. The summed E-state index contributed by atoms with van der Waals surface area (Å²) in [6, 6.07) is 5.73. The van der Waals surface area contributed by atoms with E-state index in [1.54, 1.807) is 0 Å². The maximum atomic E-state index is 11.4. The molecule has 1 heterocycles. The number of hydrogen-bond acceptors (Lipinski definition) is 3. The molecular weight excluding hydrogens is 214 g/mol. The Kier molecular flexibility index (Phi) is 3.22. The molecule has 17 heavy (non-hydrogen) atoms. The van der Waals surface area contributed by atoms with Crippen LogP contribution in [0.2, 0.25) is 0 Å². The van der Waals surface area contributed by atoms with Gasteiger partial charge in [0.2, 0.25) is 5.91 Å². The third-order valence-corrected chi connectivity index (χ3v) is 3.43. The quantitative estimate of drug-likeness (QED) is 0.759. The van der Waals surface area contributed by atoms with Gasteiger partial charge in [0.15, 0.2) is 0 Å². The summed E-state index contributed by atoms with van der Waals surface area (Å²) < 4.78 is 0. The van der Waals surface area contributed by atoms with E-state index in [9.17, 15) is 4.79 Å². The van der Waals surface area contributed by atoms with Crippen molar-refractivity contribution in [2.24, 2.45) is 5.73 Å². The summed E-state index contributed by atoms with van der Waals surface area (Å²) in [5.41, 5.74) is 14.2. The lowest BCUT2D eigenvalue weighted by Gasteiger charge is -2.35. The summed E-state index contributed by atoms with van der Waals surface area (Å²) in [6.45, 7) is 2.84. The van der Waals surface area contributed by atoms with E-state index < -0.39 is 0 Å². The van der Waals surface area contributed by atoms with Gasteiger partial charge in [-0.25, -0.2) is 0 Å². The lowest BCUT2D eigenvalue weighted by Crippen LogP contribution is -2.47. The average Bonchev–Trinajstić information content (AvgIpc) is 2.32. The van der Waals surface area contributed by atoms with Gasteiger partial charge in [0.05, 0.1) is 0 Å². The first-order valence-corrected chi connectivity index (χ1v) is 6.01. The van der Waals surface area contributed by atoms with Crippen molar-refractivity contribution in [3.63, 3.8) is 0 Å². The van der Waals surface area contributed by atoms with Crippen LogP contribution in [0.25, 0.3) is 0 Å². The summed E-state index contributed by atoms with van der Waals surface area (Å²) in [5, 5.41) is 0. The van der Waals surface area contributed by atoms with Gasteiger partial charge in [0.1, 0.15) is 6.04 Å². The van der Waals surface area contributed by atoms with Crippen LogP contribution in [-0.2, 0) is 4.79 Å². The number of carbonyl (C=O) groups excluding carboxylic acids is 1. The Bertz CT molecular complexity index is 431. The molecule has 1 saturated heterocycles. The Hall–Kier alpha value is -1.71. The Morgan fingerprint density at radius 2 is 2.18 bits per heavy atom. The van der Waals surface area contributed by atoms with E-state index >= 15 is 0 Å². The van der Waals surface area contributed by atoms with Crippen LogP contribution < -0.4 is 16.4 Å². The number of amides is 1. The monoisotopic (exact) mass is 233 g/mol. The lowest BCUT2D eigenvalue weighted by molar-refractivity contribution is -0.119. The number of nitrogens with zero attached hydrogens (tertiary/aromatic N) is 1. The Morgan fingerprint density at radius 1 is 1.41 bits per heavy atom. The number of aryl methyl sites for hydroxylation is 1. The van der Waals surface area contributed by atoms with Crippen LogP contribution in [-0.4, -0.2) is 18.5 Å². The van der Waals surface area contributed by atoms with Gasteiger partial charge in [-0.15, -0.1) is 0 Å². The minimum atomic E-state index is -0.246. The molecule has 0 aromatic heterocycles. The van der Waals surface area contributed by atoms with Crippen LogP contribution in [0.5, 0.6) is 0 Å². The highest BCUT2D eigenvalue weighted by atomic mass is 16.1. The highest BCUT2D eigenvalue weighted by Crippen LogP contribution is 2.27. The van der Waals surface area contributed by atoms with Crippen molar-refractivity contribution in [3.05, 3.63) is 23.8 Å². The van der Waals surface area contributed by atoms with Gasteiger partial charge < -0.3 is 16.4 Å². The molecule has 4 nitrogen and oxygen atoms in total. The number of anilines is 2. The molecule has 0 radical (unpaired) electrons. The molecule has 0 spiro atoms. The molecule has 1 aliphatic heterocycles. The summed E-state index contributed by atoms with van der Waals surface area (Å²) in [4.78, 5) is 13.5. The van der Waals surface area contributed by atoms with Crippen molar-refractivity contribution < 1.29 is 4.79 Å². The van der Waals surface area contributed by atoms with E-state index in [4.69, 9.17) is 11.5 Å². The number of nitrogen functional groups attached to an aromatic ring is 1. The molecule has 1 fully saturated rings. The molecule has 4 heteroatoms. The molecule has 1 aromatic rings. The molecule has 1 aliphatic rings. The molecule has 1 unspecified atom stereocenters. The topological polar surface area (TPSA) is 72.3 Å². The number of rotatable bonds is 2. The summed E-state index contributed by atoms with van der Waals surface area (Å²) in [7, 11) is 0. The van der Waals surface area contributed by atoms with Crippen molar-refractivity contribution >= 4 is 17.3 Å². The fraction of sp³-hybridized carbons (Fsp3) is 0.462. The minimum absolute atomic E-state index is 0.189. The molecule has 1 aromatic carbocycles. The summed E-state index contributed by atoms with van der Waals surface area (Å²) >= 11 is 0. The van der Waals surface area contributed by atoms with Crippen LogP contribution in [0.1, 0.15) is 24.8 Å². The minimum Gasteiger partial charge on any atom is -0.398 e. The fourth-order valence-electron chi connectivity index (χ4n) is 2.34. The lowest BCUT2D eigenvalue weighted by atomic mass is 10.00. The highest BCUT2D eigenvalue weighted by molar-refractivity contribution is 5.84. The van der Waals surface area contributed by atoms with E-state index in [0.717, 1.165) is 42.7 Å². The first kappa shape index (κ1) is 11.8. The third-order valence-electron chi connectivity index (χ3n) is 3.43. The van der Waals surface area contributed by atoms with Crippen LogP contribution in [0, 0.1) is 6.92 Å². The Balaban J connectivity index is 2.29. The first-order valence-electron chi connectivity index (χ1n) is 6.01. The molecular formula is C13H19N3O. The predicted octanol–water partition coefficient (Wildman–Crippen LogP) is 1.42. The number of carbonyl (C=O) groups is 1. The van der Waals surface area contributed by atoms with Gasteiger partial charge in [-0.1, -0.05) is 6.07 Å². The molecule has 92 valence electrons. The first-order chi connectivity index (χ1) is 8.09. The van der Waals surface area contributed by atoms with Gasteiger partial charge in [-0.05, 0) is 43.9 Å². The standard InChI is InChI=1S/C13H19N3O/c1-9-5-6-10(8-11(9)14)16-7-3-2-4-12(16)13(15)17/h5-6,8,12H,2-4,7,14H2,1H3,(H2,15,17). The number of benzene rings is 1. The average molecular weight is 233 g/mol. The predicted molar refractivity (Wildman–Crippen MR) is 69.8 cm³/mol. The van der Waals surface area contributed by atoms with Crippen molar-refractivity contribution in [1.29, 1.82) is 0 Å². The fourth-order valence-corrected chi connectivity index (χ4v) is 2.34. The van der Waals surface area contributed by atoms with Gasteiger partial charge in [0, 0.05) is 17.9 Å². The van der Waals surface area contributed by atoms with Crippen molar-refractivity contribution in [3.8, 4) is 0 Å². The van der Waals surface area contributed by atoms with E-state index in [1.807, 2.05) is 25.1 Å². The van der Waals surface area contributed by atoms with Crippen LogP contribution in [0.15, 0.2) is 18.2 Å². The molecule has 2 rings (SSSR count). The van der Waals surface area contributed by atoms with Gasteiger partial charge in [-0.3, -0.25) is 4.79 Å². The number of nitrogens with two attached hydrogens (primary N) is 2. The second-order valence-electron chi connectivity index (χ2n) is 4.65. The van der Waals surface area contributed by atoms with Crippen molar-refractivity contribution in [1.82, 2.24) is 0 Å². The van der Waals surface area contributed by atoms with Crippen molar-refractivity contribution in [2.75, 3.05) is 17.2 Å². The zero-order valence-electron chi connectivity index (χ0n) is 10.1. The van der Waals surface area contributed by atoms with Crippen LogP contribution in [0.4, 0.5) is 11.4 Å². The molecule has 0 saturated carbocycles. The largest absolute Gasteiger partial charge is 0.398 e. The molecule has 1 amide bonds. The molecule has 1 atom stereocenters. The van der Waals surface area contributed by atoms with E-state index in [-0.39, 0.29) is 11.9 Å². The second kappa shape index (κ2) is 4.65. The molecule has 4 N–H and O–H groups in total. The zero-order chi connectivity index (χ0) is 12.4. The number of piperidine rings is 1. The van der Waals surface area contributed by atoms with E-state index in [2.05, 4.69) is 4.90 Å². The van der Waals surface area contributed by atoms with Crippen LogP contribution >= 0.6 is 0 Å². The van der Waals surface area contributed by atoms with Crippen molar-refractivity contribution in [2.45, 2.75) is 32.2 Å². The SMILES string of the molecule is Cc1ccc(N2CCCCC2C(N)=O)cc1N. The van der Waals surface area contributed by atoms with Gasteiger partial charge in [0.25, 0.3) is 0 Å². The summed E-state index contributed by atoms with van der Waals surface area (Å²) in [5.74, 6) is -0.246. The Labute approximate surface area is 102 Å². The van der Waals surface area contributed by atoms with Gasteiger partial charge >= 0.3 is 0 Å². The number of primary amides is 1. The zero-order valence-corrected chi connectivity index (χ0v) is 10.1. The molecule has 0 aliphatic carbocycles. The van der Waals surface area contributed by atoms with Gasteiger partial charge in [-0.2, -0.15) is 0 Å². The second-order valence-corrected chi connectivity index (χ2v) is 4.65. The molecule has 0 bridgehead atoms. The Morgan fingerprint density at radius 3 is 2.82 bits per heavy atom.